The Morgan fingerprint density at radius 3 is 2.61 bits per heavy atom. The summed E-state index contributed by atoms with van der Waals surface area (Å²) in [6.07, 6.45) is 6.64. The summed E-state index contributed by atoms with van der Waals surface area (Å²) >= 11 is 0. The summed E-state index contributed by atoms with van der Waals surface area (Å²) in [5, 5.41) is 3.04. The molecule has 1 aliphatic heterocycles. The first-order valence-corrected chi connectivity index (χ1v) is 8.33. The molecule has 18 heavy (non-hydrogen) atoms. The molecule has 104 valence electrons. The van der Waals surface area contributed by atoms with E-state index < -0.39 is 10.8 Å². The molecule has 1 N–H and O–H groups in total. The summed E-state index contributed by atoms with van der Waals surface area (Å²) in [6, 6.07) is 0.306. The molecular weight excluding hydrogens is 250 g/mol. The average Bonchev–Trinajstić information content (AvgIpc) is 2.76. The Balaban J connectivity index is 1.74. The van der Waals surface area contributed by atoms with Crippen LogP contribution in [0.5, 0.6) is 0 Å². The maximum atomic E-state index is 12.1. The molecule has 3 atom stereocenters. The molecule has 1 saturated carbocycles. The molecule has 0 bridgehead atoms. The van der Waals surface area contributed by atoms with Gasteiger partial charge in [-0.2, -0.15) is 0 Å². The van der Waals surface area contributed by atoms with E-state index in [0.717, 1.165) is 19.3 Å². The van der Waals surface area contributed by atoms with Crippen LogP contribution in [0.25, 0.3) is 0 Å². The molecule has 0 aromatic carbocycles. The standard InChI is InChI=1S/C13H23NO3S/c1-10-12(7-8-17-10)18(16)9-13(15)14-11-5-3-2-4-6-11/h10-12H,2-9H2,1H3,(H,14,15)/t10-,12+,18-/m0/s1. The first-order chi connectivity index (χ1) is 8.66. The summed E-state index contributed by atoms with van der Waals surface area (Å²) < 4.78 is 17.5. The van der Waals surface area contributed by atoms with E-state index in [0.29, 0.717) is 12.6 Å². The number of ether oxygens (including phenoxy) is 1. The van der Waals surface area contributed by atoms with Crippen LogP contribution < -0.4 is 5.32 Å². The second-order valence-electron chi connectivity index (χ2n) is 5.33. The number of carbonyl (C=O) groups excluding carboxylic acids is 1. The molecule has 5 heteroatoms. The van der Waals surface area contributed by atoms with Crippen LogP contribution in [0.2, 0.25) is 0 Å². The minimum absolute atomic E-state index is 0.0216. The lowest BCUT2D eigenvalue weighted by Crippen LogP contribution is -2.40. The normalized spacial score (nSPS) is 31.2. The molecule has 2 rings (SSSR count). The molecule has 0 aromatic heterocycles. The summed E-state index contributed by atoms with van der Waals surface area (Å²) in [6.45, 7) is 2.61. The predicted molar refractivity (Wildman–Crippen MR) is 71.8 cm³/mol. The van der Waals surface area contributed by atoms with Crippen LogP contribution in [-0.4, -0.2) is 39.9 Å². The SMILES string of the molecule is C[C@@H]1OCC[C@H]1[S@@](=O)CC(=O)NC1CCCCC1. The van der Waals surface area contributed by atoms with E-state index in [2.05, 4.69) is 5.32 Å². The highest BCUT2D eigenvalue weighted by molar-refractivity contribution is 7.86. The second-order valence-corrected chi connectivity index (χ2v) is 6.99. The molecular formula is C13H23NO3S. The number of hydrogen-bond donors (Lipinski definition) is 1. The van der Waals surface area contributed by atoms with Crippen molar-refractivity contribution in [2.75, 3.05) is 12.4 Å². The Kier molecular flexibility index (Phi) is 5.18. The zero-order chi connectivity index (χ0) is 13.0. The molecule has 1 aliphatic carbocycles. The predicted octanol–water partition coefficient (Wildman–Crippen LogP) is 1.36. The maximum absolute atomic E-state index is 12.1. The van der Waals surface area contributed by atoms with E-state index in [9.17, 15) is 9.00 Å². The van der Waals surface area contributed by atoms with Crippen LogP contribution in [0.15, 0.2) is 0 Å². The van der Waals surface area contributed by atoms with E-state index in [1.165, 1.54) is 19.3 Å². The van der Waals surface area contributed by atoms with Gasteiger partial charge < -0.3 is 10.1 Å². The van der Waals surface area contributed by atoms with Gasteiger partial charge >= 0.3 is 0 Å². The van der Waals surface area contributed by atoms with Gasteiger partial charge in [0.1, 0.15) is 5.75 Å². The van der Waals surface area contributed by atoms with Gasteiger partial charge in [-0.1, -0.05) is 19.3 Å². The largest absolute Gasteiger partial charge is 0.377 e. The van der Waals surface area contributed by atoms with Gasteiger partial charge in [-0.15, -0.1) is 0 Å². The van der Waals surface area contributed by atoms with Crippen LogP contribution in [0.4, 0.5) is 0 Å². The van der Waals surface area contributed by atoms with Gasteiger partial charge in [0.2, 0.25) is 5.91 Å². The van der Waals surface area contributed by atoms with Crippen LogP contribution in [0, 0.1) is 0 Å². The van der Waals surface area contributed by atoms with Crippen molar-refractivity contribution in [3.05, 3.63) is 0 Å². The molecule has 1 heterocycles. The average molecular weight is 273 g/mol. The third-order valence-corrected chi connectivity index (χ3v) is 5.73. The summed E-state index contributed by atoms with van der Waals surface area (Å²) in [5.41, 5.74) is 0. The van der Waals surface area contributed by atoms with Gasteiger partial charge in [-0.3, -0.25) is 9.00 Å². The first kappa shape index (κ1) is 14.0. The van der Waals surface area contributed by atoms with Crippen molar-refractivity contribution < 1.29 is 13.7 Å². The Morgan fingerprint density at radius 2 is 2.00 bits per heavy atom. The number of carbonyl (C=O) groups is 1. The highest BCUT2D eigenvalue weighted by atomic mass is 32.2. The maximum Gasteiger partial charge on any atom is 0.232 e. The van der Waals surface area contributed by atoms with Gasteiger partial charge in [0.15, 0.2) is 0 Å². The second kappa shape index (κ2) is 6.66. The van der Waals surface area contributed by atoms with Crippen molar-refractivity contribution in [1.29, 1.82) is 0 Å². The zero-order valence-electron chi connectivity index (χ0n) is 11.0. The highest BCUT2D eigenvalue weighted by Gasteiger charge is 2.30. The topological polar surface area (TPSA) is 55.4 Å². The highest BCUT2D eigenvalue weighted by Crippen LogP contribution is 2.19. The summed E-state index contributed by atoms with van der Waals surface area (Å²) in [4.78, 5) is 11.8. The third kappa shape index (κ3) is 3.79. The minimum atomic E-state index is -1.10. The van der Waals surface area contributed by atoms with Crippen LogP contribution >= 0.6 is 0 Å². The van der Waals surface area contributed by atoms with E-state index in [1.807, 2.05) is 6.92 Å². The molecule has 0 unspecified atom stereocenters. The lowest BCUT2D eigenvalue weighted by Gasteiger charge is -2.23. The first-order valence-electron chi connectivity index (χ1n) is 6.95. The van der Waals surface area contributed by atoms with Crippen molar-refractivity contribution in [1.82, 2.24) is 5.32 Å². The Labute approximate surface area is 111 Å². The fraction of sp³-hybridized carbons (Fsp3) is 0.923. The summed E-state index contributed by atoms with van der Waals surface area (Å²) in [5.74, 6) is 0.0776. The smallest absolute Gasteiger partial charge is 0.232 e. The van der Waals surface area contributed by atoms with E-state index in [4.69, 9.17) is 4.74 Å². The van der Waals surface area contributed by atoms with Gasteiger partial charge in [0.05, 0.1) is 11.4 Å². The van der Waals surface area contributed by atoms with Crippen LogP contribution in [0.3, 0.4) is 0 Å². The third-order valence-electron chi connectivity index (χ3n) is 3.89. The molecule has 2 aliphatic rings. The van der Waals surface area contributed by atoms with Crippen LogP contribution in [-0.2, 0) is 20.3 Å². The van der Waals surface area contributed by atoms with Gasteiger partial charge in [0, 0.05) is 23.4 Å². The Hall–Kier alpha value is -0.420. The molecule has 4 nitrogen and oxygen atoms in total. The zero-order valence-corrected chi connectivity index (χ0v) is 11.8. The Morgan fingerprint density at radius 1 is 1.28 bits per heavy atom. The molecule has 0 radical (unpaired) electrons. The van der Waals surface area contributed by atoms with E-state index >= 15 is 0 Å². The van der Waals surface area contributed by atoms with Crippen molar-refractivity contribution in [3.63, 3.8) is 0 Å². The van der Waals surface area contributed by atoms with E-state index in [-0.39, 0.29) is 23.0 Å². The molecule has 1 saturated heterocycles. The molecule has 1 amide bonds. The minimum Gasteiger partial charge on any atom is -0.377 e. The van der Waals surface area contributed by atoms with Crippen molar-refractivity contribution in [2.24, 2.45) is 0 Å². The quantitative estimate of drug-likeness (QED) is 0.841. The lowest BCUT2D eigenvalue weighted by atomic mass is 9.95. The monoisotopic (exact) mass is 273 g/mol. The lowest BCUT2D eigenvalue weighted by molar-refractivity contribution is -0.119. The van der Waals surface area contributed by atoms with Gasteiger partial charge in [-0.05, 0) is 26.2 Å². The van der Waals surface area contributed by atoms with Gasteiger partial charge in [0.25, 0.3) is 0 Å². The fourth-order valence-electron chi connectivity index (χ4n) is 2.81. The molecule has 0 aromatic rings. The number of amides is 1. The molecule has 2 fully saturated rings. The van der Waals surface area contributed by atoms with Crippen molar-refractivity contribution in [2.45, 2.75) is 62.8 Å². The van der Waals surface area contributed by atoms with Gasteiger partial charge in [-0.25, -0.2) is 0 Å². The van der Waals surface area contributed by atoms with Crippen molar-refractivity contribution in [3.8, 4) is 0 Å². The number of rotatable bonds is 4. The Bertz CT molecular complexity index is 315. The van der Waals surface area contributed by atoms with Crippen molar-refractivity contribution >= 4 is 16.7 Å². The fourth-order valence-corrected chi connectivity index (χ4v) is 4.23. The number of nitrogens with one attached hydrogen (secondary N) is 1. The summed E-state index contributed by atoms with van der Waals surface area (Å²) in [7, 11) is -1.10. The van der Waals surface area contributed by atoms with Crippen LogP contribution in [0.1, 0.15) is 45.4 Å². The van der Waals surface area contributed by atoms with E-state index in [1.54, 1.807) is 0 Å². The molecule has 0 spiro atoms. The number of hydrogen-bond acceptors (Lipinski definition) is 3.